The smallest absolute Gasteiger partial charge is 0.267 e. The van der Waals surface area contributed by atoms with E-state index in [2.05, 4.69) is 10.0 Å². The van der Waals surface area contributed by atoms with Gasteiger partial charge in [0.15, 0.2) is 0 Å². The van der Waals surface area contributed by atoms with Gasteiger partial charge < -0.3 is 10.1 Å². The summed E-state index contributed by atoms with van der Waals surface area (Å²) < 4.78 is 33.3. The molecule has 0 spiro atoms. The third-order valence-electron chi connectivity index (χ3n) is 3.87. The van der Waals surface area contributed by atoms with E-state index in [4.69, 9.17) is 4.74 Å². The molecule has 6 nitrogen and oxygen atoms in total. The van der Waals surface area contributed by atoms with Crippen LogP contribution in [0.2, 0.25) is 0 Å². The van der Waals surface area contributed by atoms with Crippen molar-refractivity contribution < 1.29 is 17.9 Å². The van der Waals surface area contributed by atoms with Crippen LogP contribution < -0.4 is 14.8 Å². The second kappa shape index (κ2) is 8.87. The number of ether oxygens (including phenoxy) is 1. The van der Waals surface area contributed by atoms with Crippen molar-refractivity contribution in [1.82, 2.24) is 4.72 Å². The molecule has 148 valence electrons. The van der Waals surface area contributed by atoms with Crippen LogP contribution in [0.5, 0.6) is 5.75 Å². The predicted molar refractivity (Wildman–Crippen MR) is 113 cm³/mol. The van der Waals surface area contributed by atoms with Crippen molar-refractivity contribution >= 4 is 44.3 Å². The van der Waals surface area contributed by atoms with Crippen LogP contribution in [-0.4, -0.2) is 20.9 Å². The molecule has 9 heteroatoms. The Hall–Kier alpha value is -2.20. The minimum atomic E-state index is -3.80. The average Bonchev–Trinajstić information content (AvgIpc) is 3.34. The number of hydrogen-bond donors (Lipinski definition) is 2. The third kappa shape index (κ3) is 4.79. The van der Waals surface area contributed by atoms with Gasteiger partial charge in [-0.2, -0.15) is 0 Å². The average molecular weight is 437 g/mol. The first kappa shape index (κ1) is 20.5. The van der Waals surface area contributed by atoms with Crippen LogP contribution in [0.25, 0.3) is 0 Å². The van der Waals surface area contributed by atoms with E-state index in [1.54, 1.807) is 23.6 Å². The number of carbonyl (C=O) groups is 1. The van der Waals surface area contributed by atoms with Crippen LogP contribution in [0, 0.1) is 6.92 Å². The van der Waals surface area contributed by atoms with Crippen molar-refractivity contribution in [1.29, 1.82) is 0 Å². The Kier molecular flexibility index (Phi) is 6.50. The van der Waals surface area contributed by atoms with Crippen LogP contribution >= 0.6 is 22.7 Å². The number of nitrogens with one attached hydrogen (secondary N) is 2. The van der Waals surface area contributed by atoms with Crippen LogP contribution in [-0.2, 0) is 16.6 Å². The summed E-state index contributed by atoms with van der Waals surface area (Å²) in [5, 5.41) is 6.24. The summed E-state index contributed by atoms with van der Waals surface area (Å²) in [6, 6.07) is 10.5. The molecule has 0 aliphatic heterocycles. The first-order valence-electron chi connectivity index (χ1n) is 8.55. The molecular weight excluding hydrogens is 416 g/mol. The lowest BCUT2D eigenvalue weighted by Gasteiger charge is -2.11. The van der Waals surface area contributed by atoms with Crippen molar-refractivity contribution in [2.45, 2.75) is 25.3 Å². The summed E-state index contributed by atoms with van der Waals surface area (Å²) in [4.78, 5) is 13.7. The molecule has 2 aromatic heterocycles. The molecule has 0 fully saturated rings. The summed E-state index contributed by atoms with van der Waals surface area (Å²) in [6.45, 7) is 4.53. The highest BCUT2D eigenvalue weighted by molar-refractivity contribution is 7.89. The second-order valence-electron chi connectivity index (χ2n) is 5.89. The number of rotatable bonds is 8. The molecule has 0 bridgehead atoms. The molecule has 3 rings (SSSR count). The molecule has 28 heavy (non-hydrogen) atoms. The standard InChI is InChI=1S/C19H20N2O4S3/c1-3-25-16-7-6-14(11-13(16)2)21-19(22)18-17(8-10-27-18)28(23,24)20-12-15-5-4-9-26-15/h4-11,20H,3,12H2,1-2H3,(H,21,22). The zero-order valence-electron chi connectivity index (χ0n) is 15.4. The maximum Gasteiger partial charge on any atom is 0.267 e. The van der Waals surface area contributed by atoms with Crippen molar-refractivity contribution in [2.24, 2.45) is 0 Å². The number of aryl methyl sites for hydroxylation is 1. The lowest BCUT2D eigenvalue weighted by molar-refractivity contribution is 0.102. The molecule has 0 atom stereocenters. The molecule has 3 aromatic rings. The van der Waals surface area contributed by atoms with Gasteiger partial charge in [0, 0.05) is 17.1 Å². The molecule has 0 aliphatic rings. The van der Waals surface area contributed by atoms with Crippen LogP contribution in [0.15, 0.2) is 52.1 Å². The van der Waals surface area contributed by atoms with Gasteiger partial charge in [-0.3, -0.25) is 4.79 Å². The van der Waals surface area contributed by atoms with Gasteiger partial charge in [-0.25, -0.2) is 13.1 Å². The van der Waals surface area contributed by atoms with E-state index in [1.165, 1.54) is 17.4 Å². The van der Waals surface area contributed by atoms with E-state index in [-0.39, 0.29) is 16.3 Å². The van der Waals surface area contributed by atoms with Gasteiger partial charge in [0.1, 0.15) is 15.5 Å². The summed E-state index contributed by atoms with van der Waals surface area (Å²) in [5.74, 6) is 0.285. The number of thiophene rings is 2. The van der Waals surface area contributed by atoms with Crippen molar-refractivity contribution in [2.75, 3.05) is 11.9 Å². The lowest BCUT2D eigenvalue weighted by Crippen LogP contribution is -2.25. The molecule has 0 saturated carbocycles. The molecule has 0 unspecified atom stereocenters. The van der Waals surface area contributed by atoms with Gasteiger partial charge >= 0.3 is 0 Å². The normalized spacial score (nSPS) is 11.4. The molecule has 0 aliphatic carbocycles. The minimum Gasteiger partial charge on any atom is -0.494 e. The fraction of sp³-hybridized carbons (Fsp3) is 0.211. The van der Waals surface area contributed by atoms with Gasteiger partial charge in [0.2, 0.25) is 10.0 Å². The highest BCUT2D eigenvalue weighted by Gasteiger charge is 2.24. The number of amides is 1. The van der Waals surface area contributed by atoms with Gasteiger partial charge in [0.05, 0.1) is 6.61 Å². The van der Waals surface area contributed by atoms with Crippen LogP contribution in [0.1, 0.15) is 27.0 Å². The molecule has 2 N–H and O–H groups in total. The van der Waals surface area contributed by atoms with Crippen LogP contribution in [0.4, 0.5) is 5.69 Å². The Morgan fingerprint density at radius 1 is 1.14 bits per heavy atom. The SMILES string of the molecule is CCOc1ccc(NC(=O)c2sccc2S(=O)(=O)NCc2cccs2)cc1C. The molecule has 0 saturated heterocycles. The summed E-state index contributed by atoms with van der Waals surface area (Å²) >= 11 is 2.55. The van der Waals surface area contributed by atoms with E-state index in [0.717, 1.165) is 27.5 Å². The molecular formula is C19H20N2O4S3. The third-order valence-corrected chi connectivity index (χ3v) is 7.24. The molecule has 2 heterocycles. The van der Waals surface area contributed by atoms with Crippen molar-refractivity contribution in [3.8, 4) is 5.75 Å². The summed E-state index contributed by atoms with van der Waals surface area (Å²) in [6.07, 6.45) is 0. The van der Waals surface area contributed by atoms with E-state index < -0.39 is 15.9 Å². The Labute approximate surface area is 172 Å². The van der Waals surface area contributed by atoms with Gasteiger partial charge in [-0.1, -0.05) is 6.07 Å². The number of hydrogen-bond acceptors (Lipinski definition) is 6. The Morgan fingerprint density at radius 3 is 2.64 bits per heavy atom. The summed E-state index contributed by atoms with van der Waals surface area (Å²) in [5.41, 5.74) is 1.46. The van der Waals surface area contributed by atoms with Crippen LogP contribution in [0.3, 0.4) is 0 Å². The first-order chi connectivity index (χ1) is 13.4. The second-order valence-corrected chi connectivity index (χ2v) is 9.57. The van der Waals surface area contributed by atoms with Gasteiger partial charge in [-0.15, -0.1) is 22.7 Å². The zero-order chi connectivity index (χ0) is 20.1. The largest absolute Gasteiger partial charge is 0.494 e. The van der Waals surface area contributed by atoms with Crippen molar-refractivity contribution in [3.05, 3.63) is 62.5 Å². The molecule has 1 aromatic carbocycles. The molecule has 1 amide bonds. The number of anilines is 1. The van der Waals surface area contributed by atoms with Gasteiger partial charge in [-0.05, 0) is 60.5 Å². The van der Waals surface area contributed by atoms with E-state index in [9.17, 15) is 13.2 Å². The quantitative estimate of drug-likeness (QED) is 0.553. The fourth-order valence-corrected chi connectivity index (χ4v) is 5.63. The minimum absolute atomic E-state index is 0.0192. The van der Waals surface area contributed by atoms with E-state index in [1.807, 2.05) is 31.4 Å². The van der Waals surface area contributed by atoms with Gasteiger partial charge in [0.25, 0.3) is 5.91 Å². The number of sulfonamides is 1. The monoisotopic (exact) mass is 436 g/mol. The Balaban J connectivity index is 1.75. The highest BCUT2D eigenvalue weighted by Crippen LogP contribution is 2.26. The highest BCUT2D eigenvalue weighted by atomic mass is 32.2. The summed E-state index contributed by atoms with van der Waals surface area (Å²) in [7, 11) is -3.80. The predicted octanol–water partition coefficient (Wildman–Crippen LogP) is 4.25. The fourth-order valence-electron chi connectivity index (χ4n) is 2.56. The van der Waals surface area contributed by atoms with E-state index in [0.29, 0.717) is 12.3 Å². The number of benzene rings is 1. The number of carbonyl (C=O) groups excluding carboxylic acids is 1. The lowest BCUT2D eigenvalue weighted by atomic mass is 10.2. The first-order valence-corrected chi connectivity index (χ1v) is 11.8. The topological polar surface area (TPSA) is 84.5 Å². The van der Waals surface area contributed by atoms with E-state index >= 15 is 0 Å². The van der Waals surface area contributed by atoms with Crippen molar-refractivity contribution in [3.63, 3.8) is 0 Å². The maximum atomic E-state index is 12.7. The Bertz CT molecular complexity index is 1060. The maximum absolute atomic E-state index is 12.7. The molecule has 0 radical (unpaired) electrons. The Morgan fingerprint density at radius 2 is 1.96 bits per heavy atom. The zero-order valence-corrected chi connectivity index (χ0v) is 17.8.